The van der Waals surface area contributed by atoms with E-state index >= 15 is 0 Å². The monoisotopic (exact) mass is 287 g/mol. The van der Waals surface area contributed by atoms with Gasteiger partial charge in [0.05, 0.1) is 0 Å². The smallest absolute Gasteiger partial charge is 0.0237 e. The fraction of sp³-hybridized carbons (Fsp3) is 0.667. The van der Waals surface area contributed by atoms with Crippen LogP contribution in [0.3, 0.4) is 0 Å². The topological polar surface area (TPSA) is 18.5 Å². The van der Waals surface area contributed by atoms with Gasteiger partial charge in [-0.25, -0.2) is 0 Å². The highest BCUT2D eigenvalue weighted by Gasteiger charge is 2.28. The zero-order chi connectivity index (χ0) is 14.5. The summed E-state index contributed by atoms with van der Waals surface area (Å²) >= 11 is 0. The molecule has 0 radical (unpaired) electrons. The van der Waals surface area contributed by atoms with Crippen molar-refractivity contribution in [2.75, 3.05) is 32.7 Å². The maximum atomic E-state index is 3.46. The van der Waals surface area contributed by atoms with Gasteiger partial charge in [0, 0.05) is 25.7 Å². The highest BCUT2D eigenvalue weighted by Crippen LogP contribution is 2.23. The average Bonchev–Trinajstić information content (AvgIpc) is 2.85. The minimum absolute atomic E-state index is 0.813. The molecular weight excluding hydrogens is 258 g/mol. The summed E-state index contributed by atoms with van der Waals surface area (Å²) in [6, 6.07) is 9.75. The summed E-state index contributed by atoms with van der Waals surface area (Å²) < 4.78 is 0. The molecule has 2 heterocycles. The third kappa shape index (κ3) is 3.85. The summed E-state index contributed by atoms with van der Waals surface area (Å²) in [5.74, 6) is 0. The number of hydrogen-bond acceptors (Lipinski definition) is 3. The third-order valence-corrected chi connectivity index (χ3v) is 4.97. The Bertz CT molecular complexity index is 446. The van der Waals surface area contributed by atoms with E-state index in [0.29, 0.717) is 0 Å². The van der Waals surface area contributed by atoms with Crippen molar-refractivity contribution in [1.29, 1.82) is 0 Å². The van der Waals surface area contributed by atoms with Gasteiger partial charge in [-0.15, -0.1) is 0 Å². The molecule has 2 fully saturated rings. The van der Waals surface area contributed by atoms with E-state index in [2.05, 4.69) is 46.3 Å². The van der Waals surface area contributed by atoms with Gasteiger partial charge in [-0.05, 0) is 56.6 Å². The molecule has 0 aliphatic carbocycles. The van der Waals surface area contributed by atoms with E-state index in [4.69, 9.17) is 0 Å². The molecule has 0 aromatic heterocycles. The van der Waals surface area contributed by atoms with Crippen LogP contribution in [0.5, 0.6) is 0 Å². The lowest BCUT2D eigenvalue weighted by atomic mass is 10.1. The second-order valence-electron chi connectivity index (χ2n) is 6.47. The predicted octanol–water partition coefficient (Wildman–Crippen LogP) is 2.47. The van der Waals surface area contributed by atoms with Crippen LogP contribution < -0.4 is 5.32 Å². The Morgan fingerprint density at radius 1 is 1.10 bits per heavy atom. The third-order valence-electron chi connectivity index (χ3n) is 4.97. The first-order valence-corrected chi connectivity index (χ1v) is 8.60. The van der Waals surface area contributed by atoms with Gasteiger partial charge in [0.1, 0.15) is 0 Å². The lowest BCUT2D eigenvalue weighted by Crippen LogP contribution is -2.36. The molecule has 2 saturated heterocycles. The van der Waals surface area contributed by atoms with Crippen LogP contribution in [0, 0.1) is 0 Å². The van der Waals surface area contributed by atoms with Crippen LogP contribution in [0.15, 0.2) is 24.3 Å². The Balaban J connectivity index is 1.65. The van der Waals surface area contributed by atoms with E-state index < -0.39 is 0 Å². The minimum atomic E-state index is 0.813. The Kier molecular flexibility index (Phi) is 5.28. The zero-order valence-corrected chi connectivity index (χ0v) is 13.4. The molecule has 3 heteroatoms. The molecule has 0 saturated carbocycles. The number of fused-ring (bicyclic) bond motifs is 1. The lowest BCUT2D eigenvalue weighted by Gasteiger charge is -2.26. The number of benzene rings is 1. The standard InChI is InChI=1S/C18H29N3/c1-2-19-13-16-7-3-4-8-17(16)14-20-10-6-12-21-11-5-9-18(21)15-20/h3-4,7-8,18-19H,2,5-6,9-15H2,1H3. The fourth-order valence-corrected chi connectivity index (χ4v) is 3.81. The van der Waals surface area contributed by atoms with Crippen LogP contribution in [0.1, 0.15) is 37.3 Å². The molecule has 1 unspecified atom stereocenters. The van der Waals surface area contributed by atoms with Gasteiger partial charge < -0.3 is 5.32 Å². The highest BCUT2D eigenvalue weighted by molar-refractivity contribution is 5.27. The SMILES string of the molecule is CCNCc1ccccc1CN1CCCN2CCCC2C1. The van der Waals surface area contributed by atoms with Crippen LogP contribution in [-0.2, 0) is 13.1 Å². The zero-order valence-electron chi connectivity index (χ0n) is 13.4. The van der Waals surface area contributed by atoms with Crippen LogP contribution in [0.2, 0.25) is 0 Å². The van der Waals surface area contributed by atoms with Crippen LogP contribution >= 0.6 is 0 Å². The van der Waals surface area contributed by atoms with E-state index in [0.717, 1.165) is 25.7 Å². The molecule has 1 aromatic carbocycles. The number of nitrogens with zero attached hydrogens (tertiary/aromatic N) is 2. The Morgan fingerprint density at radius 2 is 1.90 bits per heavy atom. The van der Waals surface area contributed by atoms with Crippen molar-refractivity contribution in [1.82, 2.24) is 15.1 Å². The van der Waals surface area contributed by atoms with Gasteiger partial charge in [0.2, 0.25) is 0 Å². The van der Waals surface area contributed by atoms with Gasteiger partial charge in [-0.1, -0.05) is 31.2 Å². The Labute approximate surface area is 129 Å². The maximum Gasteiger partial charge on any atom is 0.0237 e. The molecule has 21 heavy (non-hydrogen) atoms. The van der Waals surface area contributed by atoms with Crippen LogP contribution in [0.25, 0.3) is 0 Å². The second kappa shape index (κ2) is 7.39. The van der Waals surface area contributed by atoms with Crippen LogP contribution in [0.4, 0.5) is 0 Å². The summed E-state index contributed by atoms with van der Waals surface area (Å²) in [4.78, 5) is 5.39. The Morgan fingerprint density at radius 3 is 2.76 bits per heavy atom. The van der Waals surface area contributed by atoms with Crippen molar-refractivity contribution in [2.45, 2.75) is 45.3 Å². The van der Waals surface area contributed by atoms with E-state index in [1.165, 1.54) is 56.6 Å². The van der Waals surface area contributed by atoms with Gasteiger partial charge in [-0.3, -0.25) is 9.80 Å². The van der Waals surface area contributed by atoms with Crippen molar-refractivity contribution in [3.05, 3.63) is 35.4 Å². The molecule has 116 valence electrons. The molecule has 1 atom stereocenters. The van der Waals surface area contributed by atoms with E-state index in [-0.39, 0.29) is 0 Å². The summed E-state index contributed by atoms with van der Waals surface area (Å²) in [6.45, 7) is 10.5. The molecule has 0 spiro atoms. The van der Waals surface area contributed by atoms with Crippen molar-refractivity contribution in [2.24, 2.45) is 0 Å². The minimum Gasteiger partial charge on any atom is -0.313 e. The lowest BCUT2D eigenvalue weighted by molar-refractivity contribution is 0.215. The van der Waals surface area contributed by atoms with E-state index in [1.807, 2.05) is 0 Å². The number of nitrogens with one attached hydrogen (secondary N) is 1. The molecule has 2 aliphatic rings. The normalized spacial score (nSPS) is 24.0. The summed E-state index contributed by atoms with van der Waals surface area (Å²) in [5.41, 5.74) is 2.97. The molecule has 3 nitrogen and oxygen atoms in total. The highest BCUT2D eigenvalue weighted by atomic mass is 15.3. The molecule has 0 amide bonds. The van der Waals surface area contributed by atoms with Crippen LogP contribution in [-0.4, -0.2) is 48.6 Å². The summed E-state index contributed by atoms with van der Waals surface area (Å²) in [7, 11) is 0. The first kappa shape index (κ1) is 15.0. The summed E-state index contributed by atoms with van der Waals surface area (Å²) in [6.07, 6.45) is 4.12. The van der Waals surface area contributed by atoms with Gasteiger partial charge >= 0.3 is 0 Å². The first-order valence-electron chi connectivity index (χ1n) is 8.60. The quantitative estimate of drug-likeness (QED) is 0.897. The molecule has 0 bridgehead atoms. The number of hydrogen-bond donors (Lipinski definition) is 1. The molecule has 1 aromatic rings. The largest absolute Gasteiger partial charge is 0.313 e. The molecule has 2 aliphatic heterocycles. The van der Waals surface area contributed by atoms with Gasteiger partial charge in [0.25, 0.3) is 0 Å². The summed E-state index contributed by atoms with van der Waals surface area (Å²) in [5, 5.41) is 3.46. The predicted molar refractivity (Wildman–Crippen MR) is 88.3 cm³/mol. The second-order valence-corrected chi connectivity index (χ2v) is 6.47. The average molecular weight is 287 g/mol. The van der Waals surface area contributed by atoms with E-state index in [1.54, 1.807) is 0 Å². The van der Waals surface area contributed by atoms with Gasteiger partial charge in [0.15, 0.2) is 0 Å². The molecule has 1 N–H and O–H groups in total. The van der Waals surface area contributed by atoms with Crippen molar-refractivity contribution >= 4 is 0 Å². The first-order chi connectivity index (χ1) is 10.4. The molecular formula is C18H29N3. The van der Waals surface area contributed by atoms with Crippen molar-refractivity contribution in [3.63, 3.8) is 0 Å². The van der Waals surface area contributed by atoms with E-state index in [9.17, 15) is 0 Å². The fourth-order valence-electron chi connectivity index (χ4n) is 3.81. The van der Waals surface area contributed by atoms with Crippen molar-refractivity contribution < 1.29 is 0 Å². The van der Waals surface area contributed by atoms with Crippen molar-refractivity contribution in [3.8, 4) is 0 Å². The maximum absolute atomic E-state index is 3.46. The Hall–Kier alpha value is -0.900. The number of rotatable bonds is 5. The molecule has 3 rings (SSSR count). The van der Waals surface area contributed by atoms with Gasteiger partial charge in [-0.2, -0.15) is 0 Å².